The molecule has 2 aliphatic rings. The molecule has 0 spiro atoms. The molecule has 7 aromatic carbocycles. The average molecular weight is 898 g/mol. The van der Waals surface area contributed by atoms with Gasteiger partial charge >= 0.3 is 0 Å². The number of thiazole rings is 1. The Bertz CT molecular complexity index is 2600. The molecule has 2 aliphatic heterocycles. The zero-order valence-electron chi connectivity index (χ0n) is 31.0. The fourth-order valence-corrected chi connectivity index (χ4v) is 16.7. The number of benzene rings is 7. The number of nitrogens with zero attached hydrogens (tertiary/aromatic N) is 1. The molecule has 0 atom stereocenters. The van der Waals surface area contributed by atoms with Gasteiger partial charge in [0.05, 0.1) is 16.8 Å². The number of rotatable bonds is 12. The van der Waals surface area contributed by atoms with E-state index in [9.17, 15) is 5.11 Å². The quantitative estimate of drug-likeness (QED) is 0.121. The van der Waals surface area contributed by atoms with Crippen molar-refractivity contribution < 1.29 is 5.11 Å². The predicted molar refractivity (Wildman–Crippen MR) is 254 cm³/mol. The second kappa shape index (κ2) is 17.4. The Morgan fingerprint density at radius 3 is 1.47 bits per heavy atom. The Labute approximate surface area is 373 Å². The van der Waals surface area contributed by atoms with E-state index in [4.69, 9.17) is 4.98 Å². The van der Waals surface area contributed by atoms with E-state index in [1.165, 1.54) is 75.9 Å². The van der Waals surface area contributed by atoms with Crippen LogP contribution in [0.1, 0.15) is 0 Å². The van der Waals surface area contributed by atoms with Crippen LogP contribution >= 0.6 is 93.7 Å². The van der Waals surface area contributed by atoms with Gasteiger partial charge in [-0.1, -0.05) is 144 Å². The van der Waals surface area contributed by atoms with Crippen molar-refractivity contribution in [3.63, 3.8) is 0 Å². The minimum Gasteiger partial charge on any atom is -0.396 e. The molecule has 8 aromatic rings. The van der Waals surface area contributed by atoms with Crippen LogP contribution in [0.4, 0.5) is 0 Å². The molecule has 1 N–H and O–H groups in total. The Morgan fingerprint density at radius 1 is 0.466 bits per heavy atom. The van der Waals surface area contributed by atoms with Gasteiger partial charge in [-0.05, 0) is 95.1 Å². The van der Waals surface area contributed by atoms with Crippen LogP contribution in [0, 0.1) is 5.41 Å². The van der Waals surface area contributed by atoms with Crippen LogP contribution in [0.25, 0.3) is 32.5 Å². The monoisotopic (exact) mass is 897 g/mol. The zero-order valence-corrected chi connectivity index (χ0v) is 37.5. The fraction of sp³-hybridized carbons (Fsp3) is 0.104. The molecule has 0 fully saturated rings. The first-order valence-corrected chi connectivity index (χ1v) is 25.8. The summed E-state index contributed by atoms with van der Waals surface area (Å²) in [7, 11) is 0. The molecule has 58 heavy (non-hydrogen) atoms. The predicted octanol–water partition coefficient (Wildman–Crippen LogP) is 15.5. The van der Waals surface area contributed by atoms with Gasteiger partial charge in [0.25, 0.3) is 0 Å². The Morgan fingerprint density at radius 2 is 0.931 bits per heavy atom. The van der Waals surface area contributed by atoms with Gasteiger partial charge in [-0.15, -0.1) is 34.9 Å². The first kappa shape index (κ1) is 39.0. The second-order valence-corrected chi connectivity index (χ2v) is 22.7. The van der Waals surface area contributed by atoms with E-state index in [1.807, 2.05) is 76.6 Å². The van der Waals surface area contributed by atoms with Crippen molar-refractivity contribution in [1.82, 2.24) is 4.98 Å². The lowest BCUT2D eigenvalue weighted by Crippen LogP contribution is -2.34. The molecule has 0 aliphatic carbocycles. The van der Waals surface area contributed by atoms with Crippen LogP contribution in [-0.4, -0.2) is 34.0 Å². The largest absolute Gasteiger partial charge is 0.396 e. The lowest BCUT2D eigenvalue weighted by Gasteiger charge is -2.31. The highest BCUT2D eigenvalue weighted by molar-refractivity contribution is 8.05. The summed E-state index contributed by atoms with van der Waals surface area (Å²) in [5.74, 6) is 2.32. The first-order valence-electron chi connectivity index (χ1n) is 18.8. The standard InChI is InChI=1S/C48H35NOS8/c50-27-48(30-53-47-49-37-17-1-2-18-38(37)58-47,28-51-33-13-7-11-31(25-33)35-15-9-23-43-45(35)56-41-21-5-3-19-39(41)54-43)29-52-34-14-8-12-32(26-34)36-16-10-24-44-46(36)57-42-22-6-4-20-40(42)55-44/h1-26,50H,27-30H2. The van der Waals surface area contributed by atoms with Gasteiger partial charge in [0, 0.05) is 71.6 Å². The summed E-state index contributed by atoms with van der Waals surface area (Å²) in [6.45, 7) is 0.0865. The molecule has 1 aromatic heterocycles. The highest BCUT2D eigenvalue weighted by Gasteiger charge is 2.32. The summed E-state index contributed by atoms with van der Waals surface area (Å²) in [5.41, 5.74) is 5.65. The lowest BCUT2D eigenvalue weighted by atomic mass is 9.97. The van der Waals surface area contributed by atoms with E-state index < -0.39 is 0 Å². The van der Waals surface area contributed by atoms with Crippen LogP contribution in [0.3, 0.4) is 0 Å². The number of hydrogen-bond donors (Lipinski definition) is 1. The van der Waals surface area contributed by atoms with Crippen molar-refractivity contribution in [3.05, 3.63) is 158 Å². The maximum absolute atomic E-state index is 11.4. The minimum atomic E-state index is -0.367. The molecule has 0 unspecified atom stereocenters. The van der Waals surface area contributed by atoms with Gasteiger partial charge in [0.15, 0.2) is 4.34 Å². The summed E-state index contributed by atoms with van der Waals surface area (Å²) in [6.07, 6.45) is 0. The summed E-state index contributed by atoms with van der Waals surface area (Å²) in [5, 5.41) is 11.4. The number of aliphatic hydroxyl groups excluding tert-OH is 1. The highest BCUT2D eigenvalue weighted by atomic mass is 32.2. The average Bonchev–Trinajstić information content (AvgIpc) is 3.71. The third-order valence-electron chi connectivity index (χ3n) is 10.0. The highest BCUT2D eigenvalue weighted by Crippen LogP contribution is 2.53. The first-order chi connectivity index (χ1) is 28.6. The third-order valence-corrected chi connectivity index (χ3v) is 20.5. The molecule has 3 heterocycles. The smallest absolute Gasteiger partial charge is 0.151 e. The molecule has 0 saturated heterocycles. The van der Waals surface area contributed by atoms with Gasteiger partial charge in [0.1, 0.15) is 0 Å². The summed E-state index contributed by atoms with van der Waals surface area (Å²) >= 11 is 14.7. The van der Waals surface area contributed by atoms with Gasteiger partial charge in [-0.3, -0.25) is 0 Å². The number of fused-ring (bicyclic) bond motifs is 5. The van der Waals surface area contributed by atoms with Crippen molar-refractivity contribution in [3.8, 4) is 22.3 Å². The minimum absolute atomic E-state index is 0.0865. The van der Waals surface area contributed by atoms with E-state index in [0.717, 1.165) is 27.1 Å². The SMILES string of the molecule is OCC(CSc1cccc(-c2cccc3c2Sc2ccccc2S3)c1)(CSc1cccc(-c2cccc3c2Sc2ccccc2S3)c1)CSc1nc2ccccc2s1. The van der Waals surface area contributed by atoms with E-state index in [1.54, 1.807) is 23.1 Å². The maximum atomic E-state index is 11.4. The van der Waals surface area contributed by atoms with E-state index >= 15 is 0 Å². The third kappa shape index (κ3) is 8.29. The molecular formula is C48H35NOS8. The molecule has 2 nitrogen and oxygen atoms in total. The van der Waals surface area contributed by atoms with Gasteiger partial charge in [-0.25, -0.2) is 4.98 Å². The van der Waals surface area contributed by atoms with Gasteiger partial charge < -0.3 is 5.11 Å². The number of para-hydroxylation sites is 1. The Hall–Kier alpha value is -3.16. The normalized spacial score (nSPS) is 13.1. The van der Waals surface area contributed by atoms with Gasteiger partial charge in [-0.2, -0.15) is 0 Å². The second-order valence-electron chi connectivity index (χ2n) is 14.1. The van der Waals surface area contributed by atoms with Crippen molar-refractivity contribution in [2.75, 3.05) is 23.9 Å². The lowest BCUT2D eigenvalue weighted by molar-refractivity contribution is 0.188. The molecule has 286 valence electrons. The number of thioether (sulfide) groups is 3. The van der Waals surface area contributed by atoms with E-state index in [-0.39, 0.29) is 12.0 Å². The molecule has 10 heteroatoms. The van der Waals surface area contributed by atoms with Crippen molar-refractivity contribution in [1.29, 1.82) is 0 Å². The van der Waals surface area contributed by atoms with Crippen LogP contribution in [0.15, 0.2) is 211 Å². The summed E-state index contributed by atoms with van der Waals surface area (Å²) in [6, 6.07) is 57.0. The van der Waals surface area contributed by atoms with Crippen LogP contribution in [0.2, 0.25) is 0 Å². The zero-order chi connectivity index (χ0) is 38.9. The Balaban J connectivity index is 0.909. The van der Waals surface area contributed by atoms with Crippen LogP contribution < -0.4 is 0 Å². The summed E-state index contributed by atoms with van der Waals surface area (Å²) < 4.78 is 2.25. The fourth-order valence-electron chi connectivity index (χ4n) is 6.92. The van der Waals surface area contributed by atoms with Crippen LogP contribution in [-0.2, 0) is 0 Å². The van der Waals surface area contributed by atoms with Crippen LogP contribution in [0.5, 0.6) is 0 Å². The topological polar surface area (TPSA) is 33.1 Å². The molecular weight excluding hydrogens is 863 g/mol. The van der Waals surface area contributed by atoms with Crippen molar-refractivity contribution in [2.24, 2.45) is 5.41 Å². The van der Waals surface area contributed by atoms with Crippen molar-refractivity contribution in [2.45, 2.75) is 53.3 Å². The molecule has 0 saturated carbocycles. The number of aliphatic hydroxyl groups is 1. The molecule has 0 bridgehead atoms. The van der Waals surface area contributed by atoms with E-state index in [2.05, 4.69) is 152 Å². The number of aromatic nitrogens is 1. The van der Waals surface area contributed by atoms with E-state index in [0.29, 0.717) is 0 Å². The van der Waals surface area contributed by atoms with Crippen molar-refractivity contribution >= 4 is 104 Å². The maximum Gasteiger partial charge on any atom is 0.151 e. The molecule has 0 amide bonds. The number of hydrogen-bond acceptors (Lipinski definition) is 10. The van der Waals surface area contributed by atoms with Gasteiger partial charge in [0.2, 0.25) is 0 Å². The summed E-state index contributed by atoms with van der Waals surface area (Å²) in [4.78, 5) is 17.9. The molecule has 0 radical (unpaired) electrons. The Kier molecular flexibility index (Phi) is 11.7. The molecule has 10 rings (SSSR count).